The number of nitriles is 1. The van der Waals surface area contributed by atoms with Gasteiger partial charge >= 0.3 is 0 Å². The third kappa shape index (κ3) is 2.72. The van der Waals surface area contributed by atoms with E-state index in [1.54, 1.807) is 12.4 Å². The number of hydrogen-bond donors (Lipinski definition) is 0. The van der Waals surface area contributed by atoms with Crippen molar-refractivity contribution in [1.82, 2.24) is 24.5 Å². The molecule has 3 aliphatic heterocycles. The molecule has 9 nitrogen and oxygen atoms in total. The molecule has 0 aliphatic carbocycles. The van der Waals surface area contributed by atoms with Crippen molar-refractivity contribution in [3.8, 4) is 6.07 Å². The highest BCUT2D eigenvalue weighted by molar-refractivity contribution is 5.88. The molecule has 0 saturated carbocycles. The van der Waals surface area contributed by atoms with Crippen LogP contribution in [0.4, 0.5) is 5.82 Å². The van der Waals surface area contributed by atoms with E-state index in [-0.39, 0.29) is 18.2 Å². The highest BCUT2D eigenvalue weighted by atomic mass is 16.6. The van der Waals surface area contributed by atoms with Gasteiger partial charge in [-0.2, -0.15) is 14.9 Å². The maximum Gasteiger partial charge on any atom is 0.257 e. The van der Waals surface area contributed by atoms with Crippen molar-refractivity contribution in [1.29, 1.82) is 5.26 Å². The molecule has 2 atom stereocenters. The summed E-state index contributed by atoms with van der Waals surface area (Å²) in [6.07, 6.45) is 9.63. The molecular weight excluding hydrogens is 406 g/mol. The summed E-state index contributed by atoms with van der Waals surface area (Å²) in [5.74, 6) is 1.06. The molecule has 3 aromatic rings. The van der Waals surface area contributed by atoms with E-state index in [1.807, 2.05) is 40.9 Å². The zero-order chi connectivity index (χ0) is 21.9. The largest absolute Gasteiger partial charge is 0.356 e. The summed E-state index contributed by atoms with van der Waals surface area (Å²) >= 11 is 0. The predicted molar refractivity (Wildman–Crippen MR) is 115 cm³/mol. The van der Waals surface area contributed by atoms with Crippen LogP contribution in [0.2, 0.25) is 0 Å². The SMILES string of the molecule is Cc1cnn2c(N3CCC4(CC3)O[C@@H]3CC[C@@H](c5cncc(C#N)c5)N3C4=O)ccnc12. The Hall–Kier alpha value is -3.51. The van der Waals surface area contributed by atoms with Crippen LogP contribution >= 0.6 is 0 Å². The normalized spacial score (nSPS) is 24.3. The molecule has 32 heavy (non-hydrogen) atoms. The molecule has 3 fully saturated rings. The van der Waals surface area contributed by atoms with Crippen molar-refractivity contribution >= 4 is 17.4 Å². The number of ether oxygens (including phenoxy) is 1. The number of aromatic nitrogens is 4. The Morgan fingerprint density at radius 3 is 2.88 bits per heavy atom. The molecule has 0 aromatic carbocycles. The van der Waals surface area contributed by atoms with Crippen LogP contribution in [0.3, 0.4) is 0 Å². The molecule has 3 aliphatic rings. The minimum atomic E-state index is -0.772. The topological polar surface area (TPSA) is 99.6 Å². The molecule has 1 spiro atoms. The fraction of sp³-hybridized carbons (Fsp3) is 0.435. The molecule has 1 amide bonds. The number of piperidine rings is 1. The third-order valence-electron chi connectivity index (χ3n) is 7.04. The number of nitrogens with zero attached hydrogens (tertiary/aromatic N) is 7. The summed E-state index contributed by atoms with van der Waals surface area (Å²) in [5, 5.41) is 13.7. The highest BCUT2D eigenvalue weighted by Gasteiger charge is 2.58. The molecule has 162 valence electrons. The molecule has 6 rings (SSSR count). The summed E-state index contributed by atoms with van der Waals surface area (Å²) in [6, 6.07) is 5.86. The first-order chi connectivity index (χ1) is 15.6. The molecule has 0 bridgehead atoms. The van der Waals surface area contributed by atoms with E-state index in [1.165, 1.54) is 0 Å². The second kappa shape index (κ2) is 7.00. The standard InChI is InChI=1S/C23H23N7O2/c1-15-12-27-30-19(4-7-26-21(15)30)28-8-5-23(6-9-28)22(31)29-18(2-3-20(29)32-23)17-10-16(11-24)13-25-14-17/h4,7,10,12-14,18,20H,2-3,5-6,8-9H2,1H3/t18-,20+/m0/s1. The van der Waals surface area contributed by atoms with E-state index in [4.69, 9.17) is 4.74 Å². The Kier molecular flexibility index (Phi) is 4.20. The lowest BCUT2D eigenvalue weighted by atomic mass is 9.89. The van der Waals surface area contributed by atoms with Gasteiger partial charge in [0.1, 0.15) is 18.1 Å². The number of hydrogen-bond acceptors (Lipinski definition) is 7. The minimum Gasteiger partial charge on any atom is -0.356 e. The first-order valence-electron chi connectivity index (χ1n) is 11.0. The van der Waals surface area contributed by atoms with Crippen LogP contribution in [0.5, 0.6) is 0 Å². The van der Waals surface area contributed by atoms with Gasteiger partial charge in [-0.25, -0.2) is 4.98 Å². The fourth-order valence-corrected chi connectivity index (χ4v) is 5.40. The van der Waals surface area contributed by atoms with Gasteiger partial charge < -0.3 is 14.5 Å². The predicted octanol–water partition coefficient (Wildman–Crippen LogP) is 2.36. The van der Waals surface area contributed by atoms with Gasteiger partial charge in [0.05, 0.1) is 17.8 Å². The second-order valence-electron chi connectivity index (χ2n) is 8.84. The first-order valence-corrected chi connectivity index (χ1v) is 11.0. The van der Waals surface area contributed by atoms with Gasteiger partial charge in [0.25, 0.3) is 5.91 Å². The van der Waals surface area contributed by atoms with Gasteiger partial charge in [-0.05, 0) is 37.5 Å². The van der Waals surface area contributed by atoms with Crippen molar-refractivity contribution in [2.45, 2.75) is 50.5 Å². The monoisotopic (exact) mass is 429 g/mol. The van der Waals surface area contributed by atoms with Crippen molar-refractivity contribution < 1.29 is 9.53 Å². The van der Waals surface area contributed by atoms with Gasteiger partial charge in [-0.1, -0.05) is 0 Å². The number of rotatable bonds is 2. The molecule has 9 heteroatoms. The van der Waals surface area contributed by atoms with Crippen LogP contribution in [0, 0.1) is 18.3 Å². The van der Waals surface area contributed by atoms with Crippen LogP contribution < -0.4 is 4.90 Å². The molecule has 0 unspecified atom stereocenters. The molecule has 6 heterocycles. The lowest BCUT2D eigenvalue weighted by molar-refractivity contribution is -0.140. The van der Waals surface area contributed by atoms with Gasteiger partial charge in [0, 0.05) is 50.1 Å². The molecule has 3 aromatic heterocycles. The minimum absolute atomic E-state index is 0.0711. The summed E-state index contributed by atoms with van der Waals surface area (Å²) in [4.78, 5) is 26.4. The van der Waals surface area contributed by atoms with Crippen molar-refractivity contribution in [3.05, 3.63) is 53.6 Å². The van der Waals surface area contributed by atoms with Crippen LogP contribution in [0.1, 0.15) is 48.4 Å². The first kappa shape index (κ1) is 19.2. The maximum absolute atomic E-state index is 13.6. The van der Waals surface area contributed by atoms with E-state index in [2.05, 4.69) is 26.0 Å². The summed E-state index contributed by atoms with van der Waals surface area (Å²) in [6.45, 7) is 3.42. The lowest BCUT2D eigenvalue weighted by Gasteiger charge is -2.38. The zero-order valence-electron chi connectivity index (χ0n) is 17.8. The van der Waals surface area contributed by atoms with Gasteiger partial charge in [0.2, 0.25) is 0 Å². The fourth-order valence-electron chi connectivity index (χ4n) is 5.40. The van der Waals surface area contributed by atoms with E-state index < -0.39 is 5.60 Å². The lowest BCUT2D eigenvalue weighted by Crippen LogP contribution is -2.50. The zero-order valence-corrected chi connectivity index (χ0v) is 17.8. The van der Waals surface area contributed by atoms with Crippen LogP contribution in [-0.4, -0.2) is 55.3 Å². The number of aryl methyl sites for hydroxylation is 1. The average molecular weight is 429 g/mol. The van der Waals surface area contributed by atoms with Gasteiger partial charge in [-0.3, -0.25) is 9.78 Å². The quantitative estimate of drug-likeness (QED) is 0.616. The Labute approximate surface area is 185 Å². The number of carbonyl (C=O) groups excluding carboxylic acids is 1. The van der Waals surface area contributed by atoms with Gasteiger partial charge in [0.15, 0.2) is 11.2 Å². The van der Waals surface area contributed by atoms with E-state index >= 15 is 0 Å². The van der Waals surface area contributed by atoms with Crippen LogP contribution in [0.25, 0.3) is 5.65 Å². The molecular formula is C23H23N7O2. The molecule has 0 radical (unpaired) electrons. The second-order valence-corrected chi connectivity index (χ2v) is 8.84. The summed E-state index contributed by atoms with van der Waals surface area (Å²) in [5.41, 5.74) is 2.54. The van der Waals surface area contributed by atoms with Crippen molar-refractivity contribution in [2.24, 2.45) is 0 Å². The smallest absolute Gasteiger partial charge is 0.257 e. The average Bonchev–Trinajstić information content (AvgIpc) is 3.49. The number of anilines is 1. The maximum atomic E-state index is 13.6. The van der Waals surface area contributed by atoms with Crippen molar-refractivity contribution in [3.63, 3.8) is 0 Å². The highest BCUT2D eigenvalue weighted by Crippen LogP contribution is 2.47. The number of fused-ring (bicyclic) bond motifs is 2. The van der Waals surface area contributed by atoms with Crippen molar-refractivity contribution in [2.75, 3.05) is 18.0 Å². The van der Waals surface area contributed by atoms with E-state index in [0.717, 1.165) is 35.4 Å². The third-order valence-corrected chi connectivity index (χ3v) is 7.04. The summed E-state index contributed by atoms with van der Waals surface area (Å²) in [7, 11) is 0. The Morgan fingerprint density at radius 2 is 2.06 bits per heavy atom. The van der Waals surface area contributed by atoms with Gasteiger partial charge in [-0.15, -0.1) is 0 Å². The Bertz CT molecular complexity index is 1250. The molecule has 0 N–H and O–H groups in total. The summed E-state index contributed by atoms with van der Waals surface area (Å²) < 4.78 is 8.31. The van der Waals surface area contributed by atoms with E-state index in [0.29, 0.717) is 31.5 Å². The van der Waals surface area contributed by atoms with Crippen LogP contribution in [0.15, 0.2) is 36.9 Å². The van der Waals surface area contributed by atoms with E-state index in [9.17, 15) is 10.1 Å². The Balaban J connectivity index is 1.23. The van der Waals surface area contributed by atoms with Crippen LogP contribution in [-0.2, 0) is 9.53 Å². The number of pyridine rings is 1. The Morgan fingerprint density at radius 1 is 1.22 bits per heavy atom. The number of carbonyl (C=O) groups is 1. The molecule has 3 saturated heterocycles. The number of amides is 1.